The Morgan fingerprint density at radius 3 is 2.22 bits per heavy atom. The molecule has 196 valence electrons. The van der Waals surface area contributed by atoms with E-state index in [2.05, 4.69) is 10.3 Å². The molecule has 36 heavy (non-hydrogen) atoms. The summed E-state index contributed by atoms with van der Waals surface area (Å²) in [5.41, 5.74) is 0.0446. The topological polar surface area (TPSA) is 80.8 Å². The third kappa shape index (κ3) is 6.34. The van der Waals surface area contributed by atoms with Gasteiger partial charge < -0.3 is 14.4 Å². The van der Waals surface area contributed by atoms with Crippen LogP contribution in [0.4, 0.5) is 18.0 Å². The molecule has 4 unspecified atom stereocenters. The second kappa shape index (κ2) is 11.3. The minimum atomic E-state index is -4.49. The maximum Gasteiger partial charge on any atom is 0.418 e. The van der Waals surface area contributed by atoms with Gasteiger partial charge in [0, 0.05) is 36.3 Å². The number of amides is 1. The molecule has 1 amide bonds. The van der Waals surface area contributed by atoms with Crippen LogP contribution >= 0.6 is 0 Å². The number of hydrogen-bond donors (Lipinski definition) is 1. The number of benzene rings is 1. The van der Waals surface area contributed by atoms with E-state index in [1.807, 2.05) is 65.0 Å². The van der Waals surface area contributed by atoms with Crippen molar-refractivity contribution in [3.8, 4) is 5.88 Å². The normalized spacial score (nSPS) is 22.1. The molecule has 0 aliphatic carbocycles. The summed E-state index contributed by atoms with van der Waals surface area (Å²) in [7, 11) is 0. The number of carbonyl (C=O) groups excluding carboxylic acids is 2. The molecular weight excluding hydrogens is 475 g/mol. The minimum absolute atomic E-state index is 0.0488. The predicted molar refractivity (Wildman–Crippen MR) is 127 cm³/mol. The molecule has 1 fully saturated rings. The summed E-state index contributed by atoms with van der Waals surface area (Å²) in [5.74, 6) is -1.20. The smallest absolute Gasteiger partial charge is 0.418 e. The average molecular weight is 508 g/mol. The molecule has 2 aromatic rings. The Labute approximate surface area is 209 Å². The summed E-state index contributed by atoms with van der Waals surface area (Å²) in [6, 6.07) is 10.1. The fourth-order valence-electron chi connectivity index (χ4n) is 4.59. The van der Waals surface area contributed by atoms with Crippen LogP contribution in [0, 0.1) is 11.8 Å². The maximum atomic E-state index is 13.1. The van der Waals surface area contributed by atoms with Crippen LogP contribution in [-0.2, 0) is 15.7 Å². The van der Waals surface area contributed by atoms with Crippen molar-refractivity contribution in [1.29, 1.82) is 0 Å². The molecular formula is C26H32F3N3O4. The van der Waals surface area contributed by atoms with Crippen molar-refractivity contribution in [2.75, 3.05) is 6.61 Å². The average Bonchev–Trinajstić information content (AvgIpc) is 3.13. The van der Waals surface area contributed by atoms with Crippen molar-refractivity contribution >= 4 is 12.1 Å². The van der Waals surface area contributed by atoms with Crippen molar-refractivity contribution in [1.82, 2.24) is 15.2 Å². The Hall–Kier alpha value is -3.14. The van der Waals surface area contributed by atoms with Gasteiger partial charge in [0.15, 0.2) is 0 Å². The van der Waals surface area contributed by atoms with E-state index in [1.165, 1.54) is 11.0 Å². The lowest BCUT2D eigenvalue weighted by Gasteiger charge is -2.29. The highest BCUT2D eigenvalue weighted by atomic mass is 19.4. The van der Waals surface area contributed by atoms with Gasteiger partial charge in [-0.25, -0.2) is 14.6 Å². The molecule has 1 aromatic carbocycles. The number of esters is 1. The number of carbonyl (C=O) groups is 2. The van der Waals surface area contributed by atoms with E-state index in [0.29, 0.717) is 0 Å². The first kappa shape index (κ1) is 27.4. The highest BCUT2D eigenvalue weighted by Crippen LogP contribution is 2.38. The van der Waals surface area contributed by atoms with Gasteiger partial charge in [-0.05, 0) is 45.2 Å². The molecule has 0 bridgehead atoms. The van der Waals surface area contributed by atoms with E-state index >= 15 is 0 Å². The first-order valence-corrected chi connectivity index (χ1v) is 11.9. The molecule has 0 spiro atoms. The summed E-state index contributed by atoms with van der Waals surface area (Å²) >= 11 is 0. The zero-order valence-corrected chi connectivity index (χ0v) is 21.0. The number of ether oxygens (including phenoxy) is 2. The van der Waals surface area contributed by atoms with Crippen LogP contribution < -0.4 is 10.1 Å². The van der Waals surface area contributed by atoms with Crippen molar-refractivity contribution in [2.45, 2.75) is 65.0 Å². The van der Waals surface area contributed by atoms with Gasteiger partial charge in [-0.3, -0.25) is 5.32 Å². The molecule has 10 heteroatoms. The number of nitrogens with zero attached hydrogens (tertiary/aromatic N) is 2. The van der Waals surface area contributed by atoms with E-state index in [9.17, 15) is 22.8 Å². The number of halogens is 3. The van der Waals surface area contributed by atoms with Crippen LogP contribution in [-0.4, -0.2) is 46.7 Å². The van der Waals surface area contributed by atoms with Gasteiger partial charge in [0.2, 0.25) is 5.88 Å². The number of nitrogens with one attached hydrogen (secondary N) is 1. The summed E-state index contributed by atoms with van der Waals surface area (Å²) in [6.07, 6.45) is -4.47. The lowest BCUT2D eigenvalue weighted by Crippen LogP contribution is -2.46. The van der Waals surface area contributed by atoms with Crippen LogP contribution in [0.25, 0.3) is 0 Å². The van der Waals surface area contributed by atoms with E-state index < -0.39 is 29.8 Å². The van der Waals surface area contributed by atoms with E-state index in [4.69, 9.17) is 9.47 Å². The fourth-order valence-corrected chi connectivity index (χ4v) is 4.59. The zero-order valence-electron chi connectivity index (χ0n) is 21.0. The molecule has 1 aliphatic heterocycles. The SMILES string of the molecule is CC1C(C(=O)OC(=O)N(C(C)C)C(C)C)NC(c2ccccc2)C1COc1ccc(C(F)(F)F)cn1. The lowest BCUT2D eigenvalue weighted by molar-refractivity contribution is -0.142. The highest BCUT2D eigenvalue weighted by molar-refractivity contribution is 5.88. The zero-order chi connectivity index (χ0) is 26.6. The Morgan fingerprint density at radius 2 is 1.69 bits per heavy atom. The van der Waals surface area contributed by atoms with Gasteiger partial charge in [-0.15, -0.1) is 0 Å². The molecule has 1 aliphatic rings. The third-order valence-electron chi connectivity index (χ3n) is 6.40. The summed E-state index contributed by atoms with van der Waals surface area (Å²) in [5, 5.41) is 3.28. The standard InChI is InChI=1S/C26H32F3N3O4/c1-15(2)32(16(3)4)25(34)36-24(33)22-17(5)20(23(31-22)18-9-7-6-8-10-18)14-35-21-12-11-19(13-30-21)26(27,28)29/h6-13,15-17,20,22-23,31H,14H2,1-5H3. The summed E-state index contributed by atoms with van der Waals surface area (Å²) < 4.78 is 49.5. The molecule has 4 atom stereocenters. The van der Waals surface area contributed by atoms with Crippen molar-refractivity contribution in [3.63, 3.8) is 0 Å². The van der Waals surface area contributed by atoms with Gasteiger partial charge >= 0.3 is 18.2 Å². The maximum absolute atomic E-state index is 13.1. The van der Waals surface area contributed by atoms with Gasteiger partial charge in [0.1, 0.15) is 6.04 Å². The molecule has 2 heterocycles. The molecule has 1 saturated heterocycles. The molecule has 0 saturated carbocycles. The van der Waals surface area contributed by atoms with E-state index in [1.54, 1.807) is 0 Å². The van der Waals surface area contributed by atoms with Crippen LogP contribution in [0.5, 0.6) is 5.88 Å². The van der Waals surface area contributed by atoms with E-state index in [-0.39, 0.29) is 42.4 Å². The van der Waals surface area contributed by atoms with Crippen molar-refractivity contribution < 1.29 is 32.2 Å². The number of pyridine rings is 1. The van der Waals surface area contributed by atoms with Crippen molar-refractivity contribution in [3.05, 3.63) is 59.8 Å². The molecule has 7 nitrogen and oxygen atoms in total. The third-order valence-corrected chi connectivity index (χ3v) is 6.40. The predicted octanol–water partition coefficient (Wildman–Crippen LogP) is 5.23. The Morgan fingerprint density at radius 1 is 1.06 bits per heavy atom. The van der Waals surface area contributed by atoms with E-state index in [0.717, 1.165) is 17.8 Å². The minimum Gasteiger partial charge on any atom is -0.477 e. The van der Waals surface area contributed by atoms with Crippen molar-refractivity contribution in [2.24, 2.45) is 11.8 Å². The van der Waals surface area contributed by atoms with Crippen LogP contribution in [0.2, 0.25) is 0 Å². The lowest BCUT2D eigenvalue weighted by atomic mass is 9.86. The number of hydrogen-bond acceptors (Lipinski definition) is 6. The molecule has 0 radical (unpaired) electrons. The Bertz CT molecular complexity index is 1020. The van der Waals surface area contributed by atoms with Crippen LogP contribution in [0.3, 0.4) is 0 Å². The monoisotopic (exact) mass is 507 g/mol. The summed E-state index contributed by atoms with van der Waals surface area (Å²) in [4.78, 5) is 31.0. The van der Waals surface area contributed by atoms with Gasteiger partial charge in [0.25, 0.3) is 0 Å². The largest absolute Gasteiger partial charge is 0.477 e. The molecule has 3 rings (SSSR count). The molecule has 1 aromatic heterocycles. The van der Waals surface area contributed by atoms with Crippen LogP contribution in [0.1, 0.15) is 51.8 Å². The van der Waals surface area contributed by atoms with Gasteiger partial charge in [-0.2, -0.15) is 13.2 Å². The number of alkyl halides is 3. The second-order valence-electron chi connectivity index (χ2n) is 9.53. The second-order valence-corrected chi connectivity index (χ2v) is 9.53. The first-order chi connectivity index (χ1) is 16.9. The summed E-state index contributed by atoms with van der Waals surface area (Å²) in [6.45, 7) is 9.32. The fraction of sp³-hybridized carbons (Fsp3) is 0.500. The Kier molecular flexibility index (Phi) is 8.60. The number of rotatable bonds is 7. The Balaban J connectivity index is 1.76. The van der Waals surface area contributed by atoms with Gasteiger partial charge in [-0.1, -0.05) is 37.3 Å². The number of aromatic nitrogens is 1. The quantitative estimate of drug-likeness (QED) is 0.409. The highest BCUT2D eigenvalue weighted by Gasteiger charge is 2.46. The molecule has 1 N–H and O–H groups in total. The first-order valence-electron chi connectivity index (χ1n) is 11.9. The van der Waals surface area contributed by atoms with Crippen LogP contribution in [0.15, 0.2) is 48.7 Å². The van der Waals surface area contributed by atoms with Gasteiger partial charge in [0.05, 0.1) is 12.2 Å².